The Morgan fingerprint density at radius 1 is 0.462 bits per heavy atom. The third-order valence-electron chi connectivity index (χ3n) is 9.78. The highest BCUT2D eigenvalue weighted by atomic mass is 16.2. The number of hydrogen-bond acceptors (Lipinski definition) is 2. The summed E-state index contributed by atoms with van der Waals surface area (Å²) in [6.45, 7) is 15.5. The maximum Gasteiger partial charge on any atom is 0.268 e. The summed E-state index contributed by atoms with van der Waals surface area (Å²) in [5.74, 6) is -0.801. The second kappa shape index (κ2) is 12.1. The van der Waals surface area contributed by atoms with Crippen molar-refractivity contribution in [3.8, 4) is 39.1 Å². The summed E-state index contributed by atoms with van der Waals surface area (Å²) in [5, 5.41) is 1.91. The van der Waals surface area contributed by atoms with Crippen molar-refractivity contribution in [2.75, 3.05) is 4.90 Å². The minimum Gasteiger partial charge on any atom is -0.308 e. The monoisotopic (exact) mass is 666 g/mol. The fourth-order valence-electron chi connectivity index (χ4n) is 7.46. The normalized spacial score (nSPS) is 12.2. The Bertz CT molecular complexity index is 2860. The van der Waals surface area contributed by atoms with Crippen LogP contribution >= 0.6 is 0 Å². The molecular formula is C46H26N4O2. The molecule has 8 aromatic rings. The first-order valence-electron chi connectivity index (χ1n) is 16.8. The molecule has 0 fully saturated rings. The summed E-state index contributed by atoms with van der Waals surface area (Å²) >= 11 is 0. The zero-order chi connectivity index (χ0) is 35.3. The van der Waals surface area contributed by atoms with Gasteiger partial charge in [0, 0.05) is 16.3 Å². The molecule has 52 heavy (non-hydrogen) atoms. The van der Waals surface area contributed by atoms with Gasteiger partial charge in [-0.2, -0.15) is 0 Å². The Kier molecular flexibility index (Phi) is 7.10. The van der Waals surface area contributed by atoms with Gasteiger partial charge >= 0.3 is 0 Å². The summed E-state index contributed by atoms with van der Waals surface area (Å²) in [6.07, 6.45) is 0. The van der Waals surface area contributed by atoms with E-state index in [0.717, 1.165) is 49.6 Å². The van der Waals surface area contributed by atoms with E-state index in [0.29, 0.717) is 39.4 Å². The highest BCUT2D eigenvalue weighted by Crippen LogP contribution is 2.45. The van der Waals surface area contributed by atoms with Gasteiger partial charge in [0.25, 0.3) is 11.8 Å². The van der Waals surface area contributed by atoms with Gasteiger partial charge in [0.2, 0.25) is 0 Å². The van der Waals surface area contributed by atoms with Crippen LogP contribution in [0.25, 0.3) is 70.6 Å². The molecule has 0 unspecified atom stereocenters. The molecule has 6 nitrogen and oxygen atoms in total. The van der Waals surface area contributed by atoms with Crippen molar-refractivity contribution < 1.29 is 9.59 Å². The summed E-state index contributed by atoms with van der Waals surface area (Å²) in [6, 6.07) is 50.2. The minimum atomic E-state index is -0.410. The molecule has 9 rings (SSSR count). The number of nitrogens with zero attached hydrogens (tertiary/aromatic N) is 4. The molecule has 1 aliphatic heterocycles. The number of benzene rings is 7. The predicted molar refractivity (Wildman–Crippen MR) is 207 cm³/mol. The first kappa shape index (κ1) is 30.5. The zero-order valence-electron chi connectivity index (χ0n) is 27.6. The minimum absolute atomic E-state index is 0.310. The largest absolute Gasteiger partial charge is 0.308 e. The topological polar surface area (TPSA) is 51.0 Å². The first-order valence-corrected chi connectivity index (χ1v) is 16.8. The first-order chi connectivity index (χ1) is 25.6. The van der Waals surface area contributed by atoms with Crippen molar-refractivity contribution in [1.29, 1.82) is 0 Å². The molecule has 0 atom stereocenters. The van der Waals surface area contributed by atoms with Crippen LogP contribution in [0.1, 0.15) is 20.7 Å². The lowest BCUT2D eigenvalue weighted by Crippen LogP contribution is -2.30. The van der Waals surface area contributed by atoms with E-state index < -0.39 is 11.8 Å². The quantitative estimate of drug-likeness (QED) is 0.136. The van der Waals surface area contributed by atoms with Crippen LogP contribution in [0.2, 0.25) is 0 Å². The SMILES string of the molecule is [C-]#[N+]c1ccc(-c2cccc3c4ccccc4n(-c4cccc5c4C(=O)N(c4ccc(-c6ccccc6)cc4-c4ccccc4)C5=O)c23)c([N+]#[C-])c1. The summed E-state index contributed by atoms with van der Waals surface area (Å²) in [4.78, 5) is 38.0. The molecule has 0 saturated carbocycles. The number of rotatable bonds is 5. The van der Waals surface area contributed by atoms with E-state index in [2.05, 4.69) is 9.69 Å². The van der Waals surface area contributed by atoms with Crippen molar-refractivity contribution in [1.82, 2.24) is 4.57 Å². The van der Waals surface area contributed by atoms with Crippen molar-refractivity contribution in [2.24, 2.45) is 0 Å². The molecule has 0 aliphatic carbocycles. The smallest absolute Gasteiger partial charge is 0.268 e. The van der Waals surface area contributed by atoms with Crippen molar-refractivity contribution in [2.45, 2.75) is 0 Å². The van der Waals surface area contributed by atoms with Crippen LogP contribution in [0.3, 0.4) is 0 Å². The Morgan fingerprint density at radius 2 is 1.15 bits per heavy atom. The van der Waals surface area contributed by atoms with Gasteiger partial charge in [-0.05, 0) is 58.1 Å². The highest BCUT2D eigenvalue weighted by molar-refractivity contribution is 6.36. The number of aromatic nitrogens is 1. The molecule has 1 aliphatic rings. The van der Waals surface area contributed by atoms with Crippen LogP contribution in [0.15, 0.2) is 158 Å². The van der Waals surface area contributed by atoms with Crippen LogP contribution in [0, 0.1) is 13.1 Å². The molecule has 6 heteroatoms. The molecule has 0 N–H and O–H groups in total. The molecule has 2 heterocycles. The maximum atomic E-state index is 14.9. The molecule has 0 bridgehead atoms. The number of fused-ring (bicyclic) bond motifs is 4. The summed E-state index contributed by atoms with van der Waals surface area (Å²) in [5.41, 5.74) is 9.24. The molecule has 2 amide bonds. The number of anilines is 1. The van der Waals surface area contributed by atoms with Gasteiger partial charge in [-0.1, -0.05) is 127 Å². The van der Waals surface area contributed by atoms with Gasteiger partial charge < -0.3 is 4.57 Å². The standard InChI is InChI=1S/C46H26N4O2/c1-47-32-24-25-33(39(28-32)48-2)35-18-11-19-36-34-17-9-10-21-40(34)49(44(35)36)42-22-12-20-37-43(42)46(52)50(45(37)51)41-26-23-31(29-13-5-3-6-14-29)27-38(41)30-15-7-4-8-16-30/h3-28H. The van der Waals surface area contributed by atoms with Crippen LogP contribution in [-0.2, 0) is 0 Å². The number of carbonyl (C=O) groups excluding carboxylic acids is 2. The highest BCUT2D eigenvalue weighted by Gasteiger charge is 2.40. The Balaban J connectivity index is 1.28. The molecular weight excluding hydrogens is 641 g/mol. The lowest BCUT2D eigenvalue weighted by molar-refractivity contribution is 0.0926. The Hall–Kier alpha value is -7.54. The van der Waals surface area contributed by atoms with Gasteiger partial charge in [0.05, 0.1) is 46.7 Å². The van der Waals surface area contributed by atoms with Gasteiger partial charge in [0.15, 0.2) is 11.4 Å². The van der Waals surface area contributed by atoms with Crippen LogP contribution in [-0.4, -0.2) is 16.4 Å². The van der Waals surface area contributed by atoms with Crippen LogP contribution < -0.4 is 4.90 Å². The van der Waals surface area contributed by atoms with Crippen LogP contribution in [0.4, 0.5) is 17.1 Å². The molecule has 0 saturated heterocycles. The van der Waals surface area contributed by atoms with E-state index >= 15 is 0 Å². The Labute approximate surface area is 299 Å². The Morgan fingerprint density at radius 3 is 1.92 bits per heavy atom. The van der Waals surface area contributed by atoms with Gasteiger partial charge in [0.1, 0.15) is 0 Å². The lowest BCUT2D eigenvalue weighted by atomic mass is 9.97. The zero-order valence-corrected chi connectivity index (χ0v) is 27.6. The van der Waals surface area contributed by atoms with E-state index in [1.807, 2.05) is 144 Å². The van der Waals surface area contributed by atoms with Gasteiger partial charge in [-0.25, -0.2) is 14.6 Å². The number of imide groups is 1. The number of amides is 2. The fourth-order valence-corrected chi connectivity index (χ4v) is 7.46. The van der Waals surface area contributed by atoms with Crippen LogP contribution in [0.5, 0.6) is 0 Å². The third kappa shape index (κ3) is 4.64. The van der Waals surface area contributed by atoms with E-state index in [4.69, 9.17) is 13.1 Å². The maximum absolute atomic E-state index is 14.9. The van der Waals surface area contributed by atoms with E-state index in [1.165, 1.54) is 4.90 Å². The van der Waals surface area contributed by atoms with E-state index in [1.54, 1.807) is 18.2 Å². The molecule has 0 spiro atoms. The molecule has 1 aromatic heterocycles. The van der Waals surface area contributed by atoms with Gasteiger partial charge in [-0.15, -0.1) is 0 Å². The average molecular weight is 667 g/mol. The van der Waals surface area contributed by atoms with Crippen molar-refractivity contribution in [3.63, 3.8) is 0 Å². The number of hydrogen-bond donors (Lipinski definition) is 0. The van der Waals surface area contributed by atoms with Crippen molar-refractivity contribution >= 4 is 50.7 Å². The fraction of sp³-hybridized carbons (Fsp3) is 0. The summed E-state index contributed by atoms with van der Waals surface area (Å²) in [7, 11) is 0. The number of carbonyl (C=O) groups is 2. The molecule has 7 aromatic carbocycles. The second-order valence-corrected chi connectivity index (χ2v) is 12.6. The predicted octanol–water partition coefficient (Wildman–Crippen LogP) is 11.7. The van der Waals surface area contributed by atoms with E-state index in [-0.39, 0.29) is 0 Å². The number of para-hydroxylation sites is 2. The van der Waals surface area contributed by atoms with Gasteiger partial charge in [-0.3, -0.25) is 9.59 Å². The third-order valence-corrected chi connectivity index (χ3v) is 9.78. The molecule has 0 radical (unpaired) electrons. The summed E-state index contributed by atoms with van der Waals surface area (Å²) < 4.78 is 2.04. The lowest BCUT2D eigenvalue weighted by Gasteiger charge is -2.20. The molecule has 242 valence electrons. The second-order valence-electron chi connectivity index (χ2n) is 12.6. The van der Waals surface area contributed by atoms with Crippen molar-refractivity contribution in [3.05, 3.63) is 192 Å². The van der Waals surface area contributed by atoms with E-state index in [9.17, 15) is 9.59 Å². The average Bonchev–Trinajstić information content (AvgIpc) is 3.68.